The number of benzene rings is 2. The summed E-state index contributed by atoms with van der Waals surface area (Å²) in [5.41, 5.74) is 2.51. The second kappa shape index (κ2) is 7.58. The van der Waals surface area contributed by atoms with E-state index in [0.29, 0.717) is 42.9 Å². The molecule has 28 heavy (non-hydrogen) atoms. The van der Waals surface area contributed by atoms with Gasteiger partial charge in [-0.1, -0.05) is 48.0 Å². The standard InChI is InChI=1S/C23H24N2O3/c1-16-6-8-17(9-7-16)21(26)19-4-2-3-5-20(19)23(28)25-14-12-24(13-15-25)22(27)18-10-11-18/h2-9,18H,10-15H2,1H3. The molecule has 5 nitrogen and oxygen atoms in total. The van der Waals surface area contributed by atoms with Gasteiger partial charge < -0.3 is 9.80 Å². The van der Waals surface area contributed by atoms with E-state index >= 15 is 0 Å². The largest absolute Gasteiger partial charge is 0.339 e. The zero-order valence-corrected chi connectivity index (χ0v) is 16.1. The van der Waals surface area contributed by atoms with Crippen molar-refractivity contribution in [1.29, 1.82) is 0 Å². The Labute approximate surface area is 164 Å². The van der Waals surface area contributed by atoms with Crippen molar-refractivity contribution in [2.24, 2.45) is 5.92 Å². The summed E-state index contributed by atoms with van der Waals surface area (Å²) in [7, 11) is 0. The number of rotatable bonds is 4. The van der Waals surface area contributed by atoms with Gasteiger partial charge in [-0.2, -0.15) is 0 Å². The number of hydrogen-bond acceptors (Lipinski definition) is 3. The van der Waals surface area contributed by atoms with Gasteiger partial charge in [-0.05, 0) is 25.8 Å². The van der Waals surface area contributed by atoms with Gasteiger partial charge in [-0.3, -0.25) is 14.4 Å². The van der Waals surface area contributed by atoms with Crippen LogP contribution in [0.5, 0.6) is 0 Å². The van der Waals surface area contributed by atoms with Crippen molar-refractivity contribution in [2.45, 2.75) is 19.8 Å². The normalized spacial score (nSPS) is 16.8. The number of piperazine rings is 1. The van der Waals surface area contributed by atoms with Gasteiger partial charge in [0.15, 0.2) is 5.78 Å². The lowest BCUT2D eigenvalue weighted by molar-refractivity contribution is -0.134. The first-order valence-electron chi connectivity index (χ1n) is 9.83. The van der Waals surface area contributed by atoms with E-state index in [1.165, 1.54) is 0 Å². The lowest BCUT2D eigenvalue weighted by Crippen LogP contribution is -2.51. The predicted octanol–water partition coefficient (Wildman–Crippen LogP) is 2.92. The number of nitrogens with zero attached hydrogens (tertiary/aromatic N) is 2. The van der Waals surface area contributed by atoms with Crippen LogP contribution in [-0.2, 0) is 4.79 Å². The maximum Gasteiger partial charge on any atom is 0.254 e. The molecule has 0 bridgehead atoms. The van der Waals surface area contributed by atoms with Crippen LogP contribution in [0.3, 0.4) is 0 Å². The average Bonchev–Trinajstić information content (AvgIpc) is 3.58. The SMILES string of the molecule is Cc1ccc(C(=O)c2ccccc2C(=O)N2CCN(C(=O)C3CC3)CC2)cc1. The number of aryl methyl sites for hydroxylation is 1. The minimum absolute atomic E-state index is 0.144. The van der Waals surface area contributed by atoms with E-state index in [-0.39, 0.29) is 23.5 Å². The van der Waals surface area contributed by atoms with Crippen molar-refractivity contribution in [3.05, 3.63) is 70.8 Å². The molecule has 0 N–H and O–H groups in total. The molecule has 1 aliphatic heterocycles. The molecule has 0 unspecified atom stereocenters. The van der Waals surface area contributed by atoms with Crippen LogP contribution in [0, 0.1) is 12.8 Å². The molecular weight excluding hydrogens is 352 g/mol. The highest BCUT2D eigenvalue weighted by Crippen LogP contribution is 2.31. The zero-order valence-electron chi connectivity index (χ0n) is 16.1. The van der Waals surface area contributed by atoms with Crippen molar-refractivity contribution < 1.29 is 14.4 Å². The van der Waals surface area contributed by atoms with Crippen molar-refractivity contribution in [2.75, 3.05) is 26.2 Å². The van der Waals surface area contributed by atoms with Crippen LogP contribution in [0.25, 0.3) is 0 Å². The first-order valence-corrected chi connectivity index (χ1v) is 9.83. The molecule has 2 aromatic rings. The van der Waals surface area contributed by atoms with Crippen LogP contribution in [0.1, 0.15) is 44.7 Å². The number of hydrogen-bond donors (Lipinski definition) is 0. The summed E-state index contributed by atoms with van der Waals surface area (Å²) in [6.45, 7) is 4.11. The summed E-state index contributed by atoms with van der Waals surface area (Å²) in [5.74, 6) is 0.137. The Morgan fingerprint density at radius 2 is 1.36 bits per heavy atom. The topological polar surface area (TPSA) is 57.7 Å². The van der Waals surface area contributed by atoms with E-state index in [2.05, 4.69) is 0 Å². The van der Waals surface area contributed by atoms with Gasteiger partial charge in [0.25, 0.3) is 5.91 Å². The Bertz CT molecular complexity index is 908. The van der Waals surface area contributed by atoms with E-state index < -0.39 is 0 Å². The van der Waals surface area contributed by atoms with E-state index in [4.69, 9.17) is 0 Å². The van der Waals surface area contributed by atoms with Crippen molar-refractivity contribution in [3.63, 3.8) is 0 Å². The average molecular weight is 376 g/mol. The third-order valence-electron chi connectivity index (χ3n) is 5.52. The third kappa shape index (κ3) is 3.70. The van der Waals surface area contributed by atoms with Gasteiger partial charge in [-0.25, -0.2) is 0 Å². The van der Waals surface area contributed by atoms with Crippen LogP contribution < -0.4 is 0 Å². The van der Waals surface area contributed by atoms with Crippen LogP contribution >= 0.6 is 0 Å². The Hall–Kier alpha value is -2.95. The molecule has 1 saturated heterocycles. The van der Waals surface area contributed by atoms with Crippen LogP contribution in [0.15, 0.2) is 48.5 Å². The molecule has 2 fully saturated rings. The Morgan fingerprint density at radius 1 is 0.786 bits per heavy atom. The monoisotopic (exact) mass is 376 g/mol. The van der Waals surface area contributed by atoms with E-state index in [1.807, 2.05) is 24.0 Å². The number of amides is 2. The fourth-order valence-corrected chi connectivity index (χ4v) is 3.62. The molecule has 2 aliphatic rings. The molecule has 5 heteroatoms. The first kappa shape index (κ1) is 18.4. The van der Waals surface area contributed by atoms with E-state index in [9.17, 15) is 14.4 Å². The van der Waals surface area contributed by atoms with Gasteiger partial charge in [0, 0.05) is 43.2 Å². The van der Waals surface area contributed by atoms with Gasteiger partial charge in [0.1, 0.15) is 0 Å². The zero-order chi connectivity index (χ0) is 19.7. The predicted molar refractivity (Wildman–Crippen MR) is 106 cm³/mol. The fourth-order valence-electron chi connectivity index (χ4n) is 3.62. The van der Waals surface area contributed by atoms with Crippen molar-refractivity contribution in [3.8, 4) is 0 Å². The van der Waals surface area contributed by atoms with E-state index in [1.54, 1.807) is 41.3 Å². The smallest absolute Gasteiger partial charge is 0.254 e. The first-order chi connectivity index (χ1) is 13.5. The molecule has 4 rings (SSSR count). The summed E-state index contributed by atoms with van der Waals surface area (Å²) in [6, 6.07) is 14.4. The molecule has 0 radical (unpaired) electrons. The maximum atomic E-state index is 13.1. The van der Waals surface area contributed by atoms with Crippen LogP contribution in [-0.4, -0.2) is 53.6 Å². The molecular formula is C23H24N2O3. The summed E-state index contributed by atoms with van der Waals surface area (Å²) in [6.07, 6.45) is 1.99. The highest BCUT2D eigenvalue weighted by Gasteiger charge is 2.35. The lowest BCUT2D eigenvalue weighted by Gasteiger charge is -2.35. The molecule has 1 saturated carbocycles. The van der Waals surface area contributed by atoms with Gasteiger partial charge in [0.05, 0.1) is 5.56 Å². The number of carbonyl (C=O) groups is 3. The molecule has 0 aromatic heterocycles. The van der Waals surface area contributed by atoms with Crippen molar-refractivity contribution >= 4 is 17.6 Å². The van der Waals surface area contributed by atoms with Gasteiger partial charge in [-0.15, -0.1) is 0 Å². The highest BCUT2D eigenvalue weighted by molar-refractivity contribution is 6.15. The molecule has 144 valence electrons. The maximum absolute atomic E-state index is 13.1. The third-order valence-corrected chi connectivity index (χ3v) is 5.52. The second-order valence-corrected chi connectivity index (χ2v) is 7.63. The second-order valence-electron chi connectivity index (χ2n) is 7.63. The molecule has 2 aromatic carbocycles. The van der Waals surface area contributed by atoms with Crippen LogP contribution in [0.2, 0.25) is 0 Å². The highest BCUT2D eigenvalue weighted by atomic mass is 16.2. The summed E-state index contributed by atoms with van der Waals surface area (Å²) in [4.78, 5) is 41.9. The molecule has 1 aliphatic carbocycles. The fraction of sp³-hybridized carbons (Fsp3) is 0.348. The number of carbonyl (C=O) groups excluding carboxylic acids is 3. The Morgan fingerprint density at radius 3 is 1.96 bits per heavy atom. The summed E-state index contributed by atoms with van der Waals surface area (Å²) >= 11 is 0. The Balaban J connectivity index is 1.50. The molecule has 0 spiro atoms. The van der Waals surface area contributed by atoms with Gasteiger partial charge in [0.2, 0.25) is 5.91 Å². The summed E-state index contributed by atoms with van der Waals surface area (Å²) in [5, 5.41) is 0. The summed E-state index contributed by atoms with van der Waals surface area (Å²) < 4.78 is 0. The molecule has 1 heterocycles. The lowest BCUT2D eigenvalue weighted by atomic mass is 9.97. The Kier molecular flexibility index (Phi) is 4.99. The quantitative estimate of drug-likeness (QED) is 0.771. The molecule has 2 amide bonds. The minimum atomic E-state index is -0.147. The van der Waals surface area contributed by atoms with E-state index in [0.717, 1.165) is 18.4 Å². The number of ketones is 1. The molecule has 0 atom stereocenters. The minimum Gasteiger partial charge on any atom is -0.339 e. The van der Waals surface area contributed by atoms with Crippen LogP contribution in [0.4, 0.5) is 0 Å². The van der Waals surface area contributed by atoms with Crippen molar-refractivity contribution in [1.82, 2.24) is 9.80 Å². The van der Waals surface area contributed by atoms with Gasteiger partial charge >= 0.3 is 0 Å².